The molecule has 2 aromatic rings. The largest absolute Gasteiger partial charge is 0.497 e. The number of aryl methyl sites for hydroxylation is 1. The Labute approximate surface area is 130 Å². The SMILES string of the molecule is COc1ccc2c(c1)O[C@@H](c1ccc(OC)c(OC)c1)CC2. The number of hydrogen-bond acceptors (Lipinski definition) is 4. The van der Waals surface area contributed by atoms with E-state index in [1.165, 1.54) is 5.56 Å². The molecule has 1 heterocycles. The minimum atomic E-state index is 0.0133. The minimum Gasteiger partial charge on any atom is -0.497 e. The summed E-state index contributed by atoms with van der Waals surface area (Å²) in [5, 5.41) is 0. The third-order valence-electron chi connectivity index (χ3n) is 4.00. The molecule has 116 valence electrons. The number of rotatable bonds is 4. The molecule has 0 spiro atoms. The number of fused-ring (bicyclic) bond motifs is 1. The molecule has 2 aromatic carbocycles. The van der Waals surface area contributed by atoms with Crippen LogP contribution in [0, 0.1) is 0 Å². The van der Waals surface area contributed by atoms with Gasteiger partial charge in [-0.1, -0.05) is 12.1 Å². The molecule has 1 atom stereocenters. The third kappa shape index (κ3) is 2.69. The Morgan fingerprint density at radius 1 is 0.909 bits per heavy atom. The van der Waals surface area contributed by atoms with Crippen molar-refractivity contribution in [1.29, 1.82) is 0 Å². The van der Waals surface area contributed by atoms with Gasteiger partial charge in [-0.3, -0.25) is 0 Å². The Bertz CT molecular complexity index is 666. The number of benzene rings is 2. The van der Waals surface area contributed by atoms with Crippen LogP contribution >= 0.6 is 0 Å². The molecule has 0 amide bonds. The molecule has 0 aromatic heterocycles. The maximum absolute atomic E-state index is 6.16. The predicted molar refractivity (Wildman–Crippen MR) is 84.2 cm³/mol. The lowest BCUT2D eigenvalue weighted by Crippen LogP contribution is -2.15. The van der Waals surface area contributed by atoms with Crippen molar-refractivity contribution < 1.29 is 18.9 Å². The molecule has 4 heteroatoms. The molecule has 3 rings (SSSR count). The summed E-state index contributed by atoms with van der Waals surface area (Å²) in [6.45, 7) is 0. The second kappa shape index (κ2) is 6.18. The third-order valence-corrected chi connectivity index (χ3v) is 4.00. The lowest BCUT2D eigenvalue weighted by Gasteiger charge is -2.27. The van der Waals surface area contributed by atoms with Crippen LogP contribution in [-0.4, -0.2) is 21.3 Å². The van der Waals surface area contributed by atoms with Gasteiger partial charge in [0.2, 0.25) is 0 Å². The summed E-state index contributed by atoms with van der Waals surface area (Å²) in [7, 11) is 4.94. The van der Waals surface area contributed by atoms with Crippen LogP contribution in [0.15, 0.2) is 36.4 Å². The number of ether oxygens (including phenoxy) is 4. The average molecular weight is 300 g/mol. The summed E-state index contributed by atoms with van der Waals surface area (Å²) >= 11 is 0. The van der Waals surface area contributed by atoms with Gasteiger partial charge in [0.05, 0.1) is 21.3 Å². The van der Waals surface area contributed by atoms with Crippen molar-refractivity contribution in [1.82, 2.24) is 0 Å². The van der Waals surface area contributed by atoms with Crippen LogP contribution in [0.5, 0.6) is 23.0 Å². The molecule has 4 nitrogen and oxygen atoms in total. The molecule has 0 bridgehead atoms. The fraction of sp³-hybridized carbons (Fsp3) is 0.333. The summed E-state index contributed by atoms with van der Waals surface area (Å²) in [6, 6.07) is 11.9. The fourth-order valence-electron chi connectivity index (χ4n) is 2.76. The van der Waals surface area contributed by atoms with Gasteiger partial charge < -0.3 is 18.9 Å². The predicted octanol–water partition coefficient (Wildman–Crippen LogP) is 3.78. The van der Waals surface area contributed by atoms with E-state index in [0.29, 0.717) is 0 Å². The highest BCUT2D eigenvalue weighted by molar-refractivity contribution is 5.46. The monoisotopic (exact) mass is 300 g/mol. The zero-order valence-electron chi connectivity index (χ0n) is 13.1. The molecule has 0 N–H and O–H groups in total. The summed E-state index contributed by atoms with van der Waals surface area (Å²) < 4.78 is 22.1. The second-order valence-corrected chi connectivity index (χ2v) is 5.23. The molecule has 0 aliphatic carbocycles. The minimum absolute atomic E-state index is 0.0133. The van der Waals surface area contributed by atoms with Crippen molar-refractivity contribution in [2.45, 2.75) is 18.9 Å². The highest BCUT2D eigenvalue weighted by Crippen LogP contribution is 2.39. The normalized spacial score (nSPS) is 16.4. The zero-order chi connectivity index (χ0) is 15.5. The van der Waals surface area contributed by atoms with Crippen molar-refractivity contribution in [2.24, 2.45) is 0 Å². The van der Waals surface area contributed by atoms with E-state index in [2.05, 4.69) is 6.07 Å². The Morgan fingerprint density at radius 3 is 2.45 bits per heavy atom. The summed E-state index contributed by atoms with van der Waals surface area (Å²) in [4.78, 5) is 0. The summed E-state index contributed by atoms with van der Waals surface area (Å²) in [5.74, 6) is 3.15. The van der Waals surface area contributed by atoms with Crippen LogP contribution < -0.4 is 18.9 Å². The smallest absolute Gasteiger partial charge is 0.161 e. The molecule has 0 saturated heterocycles. The zero-order valence-corrected chi connectivity index (χ0v) is 13.1. The molecule has 0 unspecified atom stereocenters. The van der Waals surface area contributed by atoms with E-state index < -0.39 is 0 Å². The van der Waals surface area contributed by atoms with Gasteiger partial charge in [0.15, 0.2) is 11.5 Å². The van der Waals surface area contributed by atoms with Gasteiger partial charge in [-0.25, -0.2) is 0 Å². The van der Waals surface area contributed by atoms with Crippen LogP contribution in [0.3, 0.4) is 0 Å². The van der Waals surface area contributed by atoms with Gasteiger partial charge >= 0.3 is 0 Å². The first kappa shape index (κ1) is 14.6. The molecular weight excluding hydrogens is 280 g/mol. The molecule has 1 aliphatic rings. The Hall–Kier alpha value is -2.36. The molecule has 0 fully saturated rings. The lowest BCUT2D eigenvalue weighted by atomic mass is 9.97. The van der Waals surface area contributed by atoms with E-state index in [4.69, 9.17) is 18.9 Å². The number of methoxy groups -OCH3 is 3. The van der Waals surface area contributed by atoms with Crippen molar-refractivity contribution in [2.75, 3.05) is 21.3 Å². The Balaban J connectivity index is 1.87. The molecule has 0 saturated carbocycles. The fourth-order valence-corrected chi connectivity index (χ4v) is 2.76. The van der Waals surface area contributed by atoms with E-state index in [0.717, 1.165) is 41.4 Å². The molecule has 0 radical (unpaired) electrons. The van der Waals surface area contributed by atoms with Gasteiger partial charge in [0.1, 0.15) is 17.6 Å². The van der Waals surface area contributed by atoms with Gasteiger partial charge in [-0.05, 0) is 42.2 Å². The Morgan fingerprint density at radius 2 is 1.73 bits per heavy atom. The van der Waals surface area contributed by atoms with E-state index >= 15 is 0 Å². The molecular formula is C18H20O4. The van der Waals surface area contributed by atoms with Gasteiger partial charge in [-0.2, -0.15) is 0 Å². The van der Waals surface area contributed by atoms with Crippen LogP contribution in [-0.2, 0) is 6.42 Å². The molecule has 22 heavy (non-hydrogen) atoms. The quantitative estimate of drug-likeness (QED) is 0.861. The lowest BCUT2D eigenvalue weighted by molar-refractivity contribution is 0.175. The first-order valence-electron chi connectivity index (χ1n) is 7.30. The highest BCUT2D eigenvalue weighted by atomic mass is 16.5. The van der Waals surface area contributed by atoms with E-state index in [-0.39, 0.29) is 6.10 Å². The summed E-state index contributed by atoms with van der Waals surface area (Å²) in [5.41, 5.74) is 2.31. The Kier molecular flexibility index (Phi) is 4.09. The first-order valence-corrected chi connectivity index (χ1v) is 7.30. The highest BCUT2D eigenvalue weighted by Gasteiger charge is 2.22. The van der Waals surface area contributed by atoms with Crippen molar-refractivity contribution in [3.8, 4) is 23.0 Å². The second-order valence-electron chi connectivity index (χ2n) is 5.23. The molecule has 1 aliphatic heterocycles. The van der Waals surface area contributed by atoms with Crippen molar-refractivity contribution in [3.05, 3.63) is 47.5 Å². The van der Waals surface area contributed by atoms with Crippen LogP contribution in [0.1, 0.15) is 23.7 Å². The number of hydrogen-bond donors (Lipinski definition) is 0. The van der Waals surface area contributed by atoms with E-state index in [1.807, 2.05) is 30.3 Å². The van der Waals surface area contributed by atoms with Crippen LogP contribution in [0.2, 0.25) is 0 Å². The van der Waals surface area contributed by atoms with Gasteiger partial charge in [-0.15, -0.1) is 0 Å². The van der Waals surface area contributed by atoms with Crippen LogP contribution in [0.4, 0.5) is 0 Å². The van der Waals surface area contributed by atoms with Crippen molar-refractivity contribution in [3.63, 3.8) is 0 Å². The van der Waals surface area contributed by atoms with E-state index in [9.17, 15) is 0 Å². The van der Waals surface area contributed by atoms with Crippen LogP contribution in [0.25, 0.3) is 0 Å². The standard InChI is InChI=1S/C18H20O4/c1-19-14-7-4-12-5-8-15(22-17(12)11-14)13-6-9-16(20-2)18(10-13)21-3/h4,6-7,9-11,15H,5,8H2,1-3H3/t15-/m1/s1. The van der Waals surface area contributed by atoms with E-state index in [1.54, 1.807) is 21.3 Å². The first-order chi connectivity index (χ1) is 10.7. The average Bonchev–Trinajstić information content (AvgIpc) is 2.60. The maximum atomic E-state index is 6.16. The topological polar surface area (TPSA) is 36.9 Å². The van der Waals surface area contributed by atoms with Gasteiger partial charge in [0.25, 0.3) is 0 Å². The maximum Gasteiger partial charge on any atom is 0.161 e. The van der Waals surface area contributed by atoms with Gasteiger partial charge in [0, 0.05) is 6.07 Å². The van der Waals surface area contributed by atoms with Crippen molar-refractivity contribution >= 4 is 0 Å². The summed E-state index contributed by atoms with van der Waals surface area (Å²) in [6.07, 6.45) is 1.94.